The van der Waals surface area contributed by atoms with E-state index < -0.39 is 0 Å². The van der Waals surface area contributed by atoms with E-state index in [-0.39, 0.29) is 11.8 Å². The number of hydrogen-bond acceptors (Lipinski definition) is 4. The third-order valence-corrected chi connectivity index (χ3v) is 4.16. The van der Waals surface area contributed by atoms with Crippen LogP contribution in [0.1, 0.15) is 11.1 Å². The number of amides is 1. The van der Waals surface area contributed by atoms with Crippen molar-refractivity contribution in [3.63, 3.8) is 0 Å². The maximum absolute atomic E-state index is 12.4. The fraction of sp³-hybridized carbons (Fsp3) is 0.316. The molecule has 5 heteroatoms. The first-order valence-electron chi connectivity index (χ1n) is 7.90. The molecule has 0 radical (unpaired) electrons. The summed E-state index contributed by atoms with van der Waals surface area (Å²) in [5, 5.41) is 2.97. The predicted molar refractivity (Wildman–Crippen MR) is 90.5 cm³/mol. The van der Waals surface area contributed by atoms with Gasteiger partial charge in [-0.1, -0.05) is 24.3 Å². The third-order valence-electron chi connectivity index (χ3n) is 4.16. The van der Waals surface area contributed by atoms with Crippen LogP contribution in [0.15, 0.2) is 42.5 Å². The van der Waals surface area contributed by atoms with Crippen molar-refractivity contribution in [2.75, 3.05) is 20.8 Å². The van der Waals surface area contributed by atoms with Gasteiger partial charge in [-0.3, -0.25) is 4.79 Å². The van der Waals surface area contributed by atoms with E-state index in [1.54, 1.807) is 14.2 Å². The number of fused-ring (bicyclic) bond motifs is 1. The van der Waals surface area contributed by atoms with Gasteiger partial charge in [-0.2, -0.15) is 0 Å². The van der Waals surface area contributed by atoms with E-state index in [4.69, 9.17) is 14.2 Å². The SMILES string of the molecule is COc1ccc(CNC(=O)C2COc3ccccc3C2)cc1OC. The maximum Gasteiger partial charge on any atom is 0.227 e. The van der Waals surface area contributed by atoms with Crippen LogP contribution in [0.2, 0.25) is 0 Å². The minimum atomic E-state index is -0.167. The van der Waals surface area contributed by atoms with Crippen LogP contribution < -0.4 is 19.5 Å². The molecule has 3 rings (SSSR count). The van der Waals surface area contributed by atoms with Crippen molar-refractivity contribution >= 4 is 5.91 Å². The second kappa shape index (κ2) is 7.25. The summed E-state index contributed by atoms with van der Waals surface area (Å²) < 4.78 is 16.2. The summed E-state index contributed by atoms with van der Waals surface area (Å²) in [7, 11) is 3.19. The van der Waals surface area contributed by atoms with Crippen LogP contribution in [0, 0.1) is 5.92 Å². The Kier molecular flexibility index (Phi) is 4.89. The Labute approximate surface area is 141 Å². The molecule has 1 heterocycles. The molecule has 1 aliphatic rings. The van der Waals surface area contributed by atoms with E-state index in [2.05, 4.69) is 5.32 Å². The van der Waals surface area contributed by atoms with E-state index in [1.807, 2.05) is 42.5 Å². The Balaban J connectivity index is 1.60. The zero-order valence-electron chi connectivity index (χ0n) is 13.9. The molecule has 0 spiro atoms. The largest absolute Gasteiger partial charge is 0.493 e. The number of carbonyl (C=O) groups excluding carboxylic acids is 1. The predicted octanol–water partition coefficient (Wildman–Crippen LogP) is 2.57. The van der Waals surface area contributed by atoms with E-state index in [9.17, 15) is 4.79 Å². The van der Waals surface area contributed by atoms with Gasteiger partial charge in [0.15, 0.2) is 11.5 Å². The normalized spacial score (nSPS) is 15.8. The van der Waals surface area contributed by atoms with Crippen molar-refractivity contribution in [3.8, 4) is 17.2 Å². The number of ether oxygens (including phenoxy) is 3. The molecule has 2 aromatic carbocycles. The highest BCUT2D eigenvalue weighted by Gasteiger charge is 2.25. The number of carbonyl (C=O) groups is 1. The Bertz CT molecular complexity index is 729. The summed E-state index contributed by atoms with van der Waals surface area (Å²) in [6.07, 6.45) is 0.702. The zero-order valence-corrected chi connectivity index (χ0v) is 13.9. The van der Waals surface area contributed by atoms with Gasteiger partial charge < -0.3 is 19.5 Å². The van der Waals surface area contributed by atoms with Gasteiger partial charge in [0.1, 0.15) is 12.4 Å². The van der Waals surface area contributed by atoms with E-state index >= 15 is 0 Å². The van der Waals surface area contributed by atoms with Gasteiger partial charge >= 0.3 is 0 Å². The number of hydrogen-bond donors (Lipinski definition) is 1. The van der Waals surface area contributed by atoms with Crippen molar-refractivity contribution in [2.45, 2.75) is 13.0 Å². The summed E-state index contributed by atoms with van der Waals surface area (Å²) in [4.78, 5) is 12.4. The highest BCUT2D eigenvalue weighted by atomic mass is 16.5. The lowest BCUT2D eigenvalue weighted by molar-refractivity contribution is -0.126. The second-order valence-corrected chi connectivity index (χ2v) is 5.73. The van der Waals surface area contributed by atoms with E-state index in [0.717, 1.165) is 16.9 Å². The van der Waals surface area contributed by atoms with Gasteiger partial charge in [0, 0.05) is 6.54 Å². The Hall–Kier alpha value is -2.69. The molecule has 24 heavy (non-hydrogen) atoms. The Morgan fingerprint density at radius 2 is 1.96 bits per heavy atom. The van der Waals surface area contributed by atoms with Crippen molar-refractivity contribution in [1.82, 2.24) is 5.32 Å². The van der Waals surface area contributed by atoms with Crippen LogP contribution in [0.4, 0.5) is 0 Å². The molecule has 0 aromatic heterocycles. The summed E-state index contributed by atoms with van der Waals surface area (Å²) in [6, 6.07) is 13.5. The number of para-hydroxylation sites is 1. The zero-order chi connectivity index (χ0) is 16.9. The molecule has 2 aromatic rings. The fourth-order valence-corrected chi connectivity index (χ4v) is 2.82. The topological polar surface area (TPSA) is 56.8 Å². The first-order chi connectivity index (χ1) is 11.7. The molecule has 0 saturated heterocycles. The van der Waals surface area contributed by atoms with Crippen LogP contribution in [0.25, 0.3) is 0 Å². The average molecular weight is 327 g/mol. The molecule has 1 aliphatic heterocycles. The molecular weight excluding hydrogens is 306 g/mol. The summed E-state index contributed by atoms with van der Waals surface area (Å²) in [5.41, 5.74) is 2.04. The molecule has 5 nitrogen and oxygen atoms in total. The Morgan fingerprint density at radius 1 is 1.17 bits per heavy atom. The van der Waals surface area contributed by atoms with Gasteiger partial charge in [-0.15, -0.1) is 0 Å². The molecular formula is C19H21NO4. The molecule has 0 fully saturated rings. The molecule has 1 atom stereocenters. The average Bonchev–Trinajstić information content (AvgIpc) is 2.65. The van der Waals surface area contributed by atoms with Crippen LogP contribution in [-0.2, 0) is 17.8 Å². The van der Waals surface area contributed by atoms with Gasteiger partial charge in [0.25, 0.3) is 0 Å². The quantitative estimate of drug-likeness (QED) is 0.917. The Morgan fingerprint density at radius 3 is 2.75 bits per heavy atom. The number of rotatable bonds is 5. The van der Waals surface area contributed by atoms with Crippen LogP contribution in [0.5, 0.6) is 17.2 Å². The maximum atomic E-state index is 12.4. The van der Waals surface area contributed by atoms with Crippen molar-refractivity contribution in [3.05, 3.63) is 53.6 Å². The van der Waals surface area contributed by atoms with Gasteiger partial charge in [-0.05, 0) is 35.7 Å². The first kappa shape index (κ1) is 16.2. The van der Waals surface area contributed by atoms with E-state index in [1.165, 1.54) is 0 Å². The highest BCUT2D eigenvalue weighted by molar-refractivity contribution is 5.79. The van der Waals surface area contributed by atoms with Crippen molar-refractivity contribution in [2.24, 2.45) is 5.92 Å². The number of benzene rings is 2. The van der Waals surface area contributed by atoms with Crippen LogP contribution >= 0.6 is 0 Å². The van der Waals surface area contributed by atoms with Crippen molar-refractivity contribution < 1.29 is 19.0 Å². The summed E-state index contributed by atoms with van der Waals surface area (Å²) in [6.45, 7) is 0.853. The fourth-order valence-electron chi connectivity index (χ4n) is 2.82. The lowest BCUT2D eigenvalue weighted by Crippen LogP contribution is -2.37. The van der Waals surface area contributed by atoms with Crippen LogP contribution in [-0.4, -0.2) is 26.7 Å². The lowest BCUT2D eigenvalue weighted by atomic mass is 9.96. The van der Waals surface area contributed by atoms with Gasteiger partial charge in [0.2, 0.25) is 5.91 Å². The summed E-state index contributed by atoms with van der Waals surface area (Å²) in [5.74, 6) is 2.03. The smallest absolute Gasteiger partial charge is 0.227 e. The molecule has 0 aliphatic carbocycles. The number of methoxy groups -OCH3 is 2. The standard InChI is InChI=1S/C19H21NO4/c1-22-17-8-7-13(9-18(17)23-2)11-20-19(21)15-10-14-5-3-4-6-16(14)24-12-15/h3-9,15H,10-12H2,1-2H3,(H,20,21). The molecule has 1 N–H and O–H groups in total. The van der Waals surface area contributed by atoms with Crippen molar-refractivity contribution in [1.29, 1.82) is 0 Å². The van der Waals surface area contributed by atoms with E-state index in [0.29, 0.717) is 31.1 Å². The molecule has 0 bridgehead atoms. The molecule has 126 valence electrons. The second-order valence-electron chi connectivity index (χ2n) is 5.73. The monoisotopic (exact) mass is 327 g/mol. The molecule has 0 saturated carbocycles. The highest BCUT2D eigenvalue weighted by Crippen LogP contribution is 2.28. The van der Waals surface area contributed by atoms with Gasteiger partial charge in [0.05, 0.1) is 20.1 Å². The first-order valence-corrected chi connectivity index (χ1v) is 7.90. The van der Waals surface area contributed by atoms with Crippen LogP contribution in [0.3, 0.4) is 0 Å². The van der Waals surface area contributed by atoms with Gasteiger partial charge in [-0.25, -0.2) is 0 Å². The lowest BCUT2D eigenvalue weighted by Gasteiger charge is -2.24. The molecule has 1 unspecified atom stereocenters. The number of nitrogens with one attached hydrogen (secondary N) is 1. The molecule has 1 amide bonds. The minimum Gasteiger partial charge on any atom is -0.493 e. The third kappa shape index (κ3) is 3.45. The minimum absolute atomic E-state index is 0.000659. The summed E-state index contributed by atoms with van der Waals surface area (Å²) >= 11 is 0.